The molecule has 1 unspecified atom stereocenters. The van der Waals surface area contributed by atoms with Crippen molar-refractivity contribution >= 4 is 16.5 Å². The van der Waals surface area contributed by atoms with Crippen LogP contribution in [0.3, 0.4) is 0 Å². The van der Waals surface area contributed by atoms with Crippen molar-refractivity contribution < 1.29 is 0 Å². The van der Waals surface area contributed by atoms with Gasteiger partial charge in [0.1, 0.15) is 0 Å². The zero-order chi connectivity index (χ0) is 9.42. The molecular weight excluding hydrogens is 182 g/mol. The fourth-order valence-electron chi connectivity index (χ4n) is 1.82. The predicted molar refractivity (Wildman–Crippen MR) is 56.0 cm³/mol. The molecular formula is C9H15N3S. The number of aryl methyl sites for hydroxylation is 1. The molecule has 1 atom stereocenters. The number of aromatic nitrogens is 1. The van der Waals surface area contributed by atoms with Crippen LogP contribution in [-0.2, 0) is 12.8 Å². The quantitative estimate of drug-likeness (QED) is 0.734. The minimum absolute atomic E-state index is 0.647. The van der Waals surface area contributed by atoms with E-state index in [9.17, 15) is 0 Å². The molecule has 3 nitrogen and oxygen atoms in total. The summed E-state index contributed by atoms with van der Waals surface area (Å²) in [5.41, 5.74) is 6.90. The summed E-state index contributed by atoms with van der Waals surface area (Å²) in [6.07, 6.45) is 3.45. The highest BCUT2D eigenvalue weighted by Crippen LogP contribution is 2.29. The Kier molecular flexibility index (Phi) is 2.26. The van der Waals surface area contributed by atoms with Crippen LogP contribution in [0.15, 0.2) is 0 Å². The lowest BCUT2D eigenvalue weighted by molar-refractivity contribution is 0.267. The lowest BCUT2D eigenvalue weighted by Crippen LogP contribution is -2.33. The van der Waals surface area contributed by atoms with Crippen molar-refractivity contribution in [2.75, 3.05) is 19.8 Å². The molecule has 0 spiro atoms. The summed E-state index contributed by atoms with van der Waals surface area (Å²) in [6, 6.07) is 0.647. The summed E-state index contributed by atoms with van der Waals surface area (Å²) < 4.78 is 0. The van der Waals surface area contributed by atoms with Crippen molar-refractivity contribution in [3.63, 3.8) is 0 Å². The van der Waals surface area contributed by atoms with Crippen LogP contribution in [0.25, 0.3) is 0 Å². The molecule has 0 aromatic carbocycles. The number of nitrogens with two attached hydrogens (primary N) is 1. The van der Waals surface area contributed by atoms with E-state index in [1.165, 1.54) is 17.0 Å². The topological polar surface area (TPSA) is 42.1 Å². The molecule has 1 aliphatic rings. The molecule has 0 saturated heterocycles. The minimum atomic E-state index is 0.647. The standard InChI is InChI=1S/C9H15N3S/c1-12(2)6-3-4-8-7(5-6)11-9(10)13-8/h6H,3-5H2,1-2H3,(H2,10,11). The molecule has 0 saturated carbocycles. The fourth-order valence-corrected chi connectivity index (χ4v) is 2.70. The van der Waals surface area contributed by atoms with Crippen LogP contribution in [0.2, 0.25) is 0 Å². The molecule has 0 bridgehead atoms. The summed E-state index contributed by atoms with van der Waals surface area (Å²) in [5, 5.41) is 0.726. The summed E-state index contributed by atoms with van der Waals surface area (Å²) >= 11 is 1.65. The number of fused-ring (bicyclic) bond motifs is 1. The number of nitrogen functional groups attached to an aromatic ring is 1. The van der Waals surface area contributed by atoms with Gasteiger partial charge in [-0.15, -0.1) is 11.3 Å². The number of anilines is 1. The maximum Gasteiger partial charge on any atom is 0.180 e. The van der Waals surface area contributed by atoms with Gasteiger partial charge in [0, 0.05) is 17.3 Å². The van der Waals surface area contributed by atoms with Gasteiger partial charge in [-0.1, -0.05) is 0 Å². The van der Waals surface area contributed by atoms with Crippen molar-refractivity contribution in [3.8, 4) is 0 Å². The van der Waals surface area contributed by atoms with Gasteiger partial charge in [0.2, 0.25) is 0 Å². The Labute approximate surface area is 82.6 Å². The first-order valence-electron chi connectivity index (χ1n) is 4.57. The van der Waals surface area contributed by atoms with E-state index in [1.54, 1.807) is 11.3 Å². The number of hydrogen-bond acceptors (Lipinski definition) is 4. The highest BCUT2D eigenvalue weighted by atomic mass is 32.1. The fraction of sp³-hybridized carbons (Fsp3) is 0.667. The van der Waals surface area contributed by atoms with Gasteiger partial charge in [0.25, 0.3) is 0 Å². The second-order valence-corrected chi connectivity index (χ2v) is 4.90. The zero-order valence-corrected chi connectivity index (χ0v) is 8.90. The molecule has 13 heavy (non-hydrogen) atoms. The SMILES string of the molecule is CN(C)C1CCc2sc(N)nc2C1. The number of likely N-dealkylation sites (N-methyl/N-ethyl adjacent to an activating group) is 1. The molecule has 2 rings (SSSR count). The molecule has 4 heteroatoms. The molecule has 0 fully saturated rings. The summed E-state index contributed by atoms with van der Waals surface area (Å²) in [7, 11) is 4.26. The number of nitrogens with zero attached hydrogens (tertiary/aromatic N) is 2. The van der Waals surface area contributed by atoms with E-state index in [1.807, 2.05) is 0 Å². The van der Waals surface area contributed by atoms with Crippen LogP contribution < -0.4 is 5.73 Å². The van der Waals surface area contributed by atoms with E-state index >= 15 is 0 Å². The van der Waals surface area contributed by atoms with Crippen molar-refractivity contribution in [1.29, 1.82) is 0 Å². The molecule has 2 N–H and O–H groups in total. The van der Waals surface area contributed by atoms with Gasteiger partial charge in [0.05, 0.1) is 5.69 Å². The second kappa shape index (κ2) is 3.27. The van der Waals surface area contributed by atoms with Gasteiger partial charge in [-0.25, -0.2) is 4.98 Å². The summed E-state index contributed by atoms with van der Waals surface area (Å²) in [5.74, 6) is 0. The van der Waals surface area contributed by atoms with Gasteiger partial charge < -0.3 is 10.6 Å². The Hall–Kier alpha value is -0.610. The third kappa shape index (κ3) is 1.69. The number of rotatable bonds is 1. The molecule has 72 valence electrons. The predicted octanol–water partition coefficient (Wildman–Crippen LogP) is 1.14. The average molecular weight is 197 g/mol. The summed E-state index contributed by atoms with van der Waals surface area (Å²) in [4.78, 5) is 8.03. The third-order valence-electron chi connectivity index (χ3n) is 2.66. The Morgan fingerprint density at radius 1 is 1.54 bits per heavy atom. The Balaban J connectivity index is 2.19. The van der Waals surface area contributed by atoms with Crippen LogP contribution >= 0.6 is 11.3 Å². The van der Waals surface area contributed by atoms with E-state index in [0.717, 1.165) is 18.0 Å². The maximum absolute atomic E-state index is 5.67. The van der Waals surface area contributed by atoms with Gasteiger partial charge in [-0.3, -0.25) is 0 Å². The van der Waals surface area contributed by atoms with Gasteiger partial charge in [0.15, 0.2) is 5.13 Å². The van der Waals surface area contributed by atoms with Crippen LogP contribution in [0.4, 0.5) is 5.13 Å². The van der Waals surface area contributed by atoms with E-state index in [4.69, 9.17) is 5.73 Å². The number of thiazole rings is 1. The van der Waals surface area contributed by atoms with E-state index in [-0.39, 0.29) is 0 Å². The monoisotopic (exact) mass is 197 g/mol. The average Bonchev–Trinajstić information content (AvgIpc) is 2.42. The molecule has 1 aromatic rings. The van der Waals surface area contributed by atoms with Gasteiger partial charge >= 0.3 is 0 Å². The lowest BCUT2D eigenvalue weighted by Gasteiger charge is -2.27. The second-order valence-electron chi connectivity index (χ2n) is 3.78. The van der Waals surface area contributed by atoms with E-state index in [0.29, 0.717) is 6.04 Å². The summed E-state index contributed by atoms with van der Waals surface area (Å²) in [6.45, 7) is 0. The smallest absolute Gasteiger partial charge is 0.180 e. The van der Waals surface area contributed by atoms with Crippen LogP contribution in [-0.4, -0.2) is 30.0 Å². The zero-order valence-electron chi connectivity index (χ0n) is 8.08. The van der Waals surface area contributed by atoms with Gasteiger partial charge in [-0.2, -0.15) is 0 Å². The number of hydrogen-bond donors (Lipinski definition) is 1. The first kappa shape index (κ1) is 8.97. The Morgan fingerprint density at radius 2 is 2.31 bits per heavy atom. The first-order valence-corrected chi connectivity index (χ1v) is 5.39. The van der Waals surface area contributed by atoms with Crippen molar-refractivity contribution in [1.82, 2.24) is 9.88 Å². The van der Waals surface area contributed by atoms with Crippen LogP contribution in [0.1, 0.15) is 17.0 Å². The molecule has 1 heterocycles. The van der Waals surface area contributed by atoms with Gasteiger partial charge in [-0.05, 0) is 26.9 Å². The molecule has 0 aliphatic heterocycles. The third-order valence-corrected chi connectivity index (χ3v) is 3.65. The van der Waals surface area contributed by atoms with Crippen molar-refractivity contribution in [2.45, 2.75) is 25.3 Å². The molecule has 0 amide bonds. The van der Waals surface area contributed by atoms with Crippen LogP contribution in [0, 0.1) is 0 Å². The van der Waals surface area contributed by atoms with Crippen molar-refractivity contribution in [3.05, 3.63) is 10.6 Å². The highest BCUT2D eigenvalue weighted by molar-refractivity contribution is 7.15. The largest absolute Gasteiger partial charge is 0.375 e. The van der Waals surface area contributed by atoms with Crippen LogP contribution in [0.5, 0.6) is 0 Å². The first-order chi connectivity index (χ1) is 6.16. The lowest BCUT2D eigenvalue weighted by atomic mass is 9.97. The Morgan fingerprint density at radius 3 is 3.00 bits per heavy atom. The molecule has 0 radical (unpaired) electrons. The molecule has 1 aliphatic carbocycles. The normalized spacial score (nSPS) is 21.9. The molecule has 1 aromatic heterocycles. The minimum Gasteiger partial charge on any atom is -0.375 e. The maximum atomic E-state index is 5.67. The van der Waals surface area contributed by atoms with E-state index < -0.39 is 0 Å². The highest BCUT2D eigenvalue weighted by Gasteiger charge is 2.22. The Bertz CT molecular complexity index is 306. The van der Waals surface area contributed by atoms with E-state index in [2.05, 4.69) is 24.0 Å². The van der Waals surface area contributed by atoms with Crippen molar-refractivity contribution in [2.24, 2.45) is 0 Å².